The highest BCUT2D eigenvalue weighted by Crippen LogP contribution is 2.25. The lowest BCUT2D eigenvalue weighted by Gasteiger charge is -1.98. The number of nitrogens with two attached hydrogens (primary N) is 1. The van der Waals surface area contributed by atoms with Gasteiger partial charge < -0.3 is 15.5 Å². The number of ether oxygens (including phenoxy) is 1. The maximum atomic E-state index is 11.6. The van der Waals surface area contributed by atoms with Crippen LogP contribution >= 0.6 is 15.9 Å². The molecule has 1 aromatic carbocycles. The molecular weight excluding hydrogens is 296 g/mol. The van der Waals surface area contributed by atoms with Gasteiger partial charge in [-0.2, -0.15) is 0 Å². The van der Waals surface area contributed by atoms with Crippen LogP contribution in [-0.2, 0) is 4.74 Å². The fraction of sp³-hybridized carbons (Fsp3) is 0.154. The average molecular weight is 309 g/mol. The third-order valence-corrected chi connectivity index (χ3v) is 3.03. The van der Waals surface area contributed by atoms with Gasteiger partial charge in [0.1, 0.15) is 11.4 Å². The number of carbonyl (C=O) groups is 1. The van der Waals surface area contributed by atoms with Gasteiger partial charge in [0, 0.05) is 10.2 Å². The van der Waals surface area contributed by atoms with Crippen LogP contribution in [0, 0.1) is 0 Å². The van der Waals surface area contributed by atoms with Gasteiger partial charge in [-0.05, 0) is 30.7 Å². The van der Waals surface area contributed by atoms with E-state index in [4.69, 9.17) is 10.5 Å². The molecule has 0 bridgehead atoms. The van der Waals surface area contributed by atoms with E-state index in [0.717, 1.165) is 15.7 Å². The zero-order valence-corrected chi connectivity index (χ0v) is 11.5. The van der Waals surface area contributed by atoms with Gasteiger partial charge in [0.25, 0.3) is 0 Å². The number of anilines is 1. The van der Waals surface area contributed by atoms with Gasteiger partial charge in [-0.1, -0.05) is 28.1 Å². The molecule has 2 aromatic rings. The van der Waals surface area contributed by atoms with E-state index in [0.29, 0.717) is 18.0 Å². The van der Waals surface area contributed by atoms with Crippen LogP contribution in [0.25, 0.3) is 11.3 Å². The molecule has 0 amide bonds. The van der Waals surface area contributed by atoms with Crippen LogP contribution in [0.5, 0.6) is 0 Å². The normalized spacial score (nSPS) is 10.3. The molecule has 0 saturated carbocycles. The molecule has 0 aliphatic heterocycles. The Morgan fingerprint density at radius 2 is 2.06 bits per heavy atom. The Labute approximate surface area is 113 Å². The van der Waals surface area contributed by atoms with Gasteiger partial charge in [0.05, 0.1) is 6.61 Å². The first kappa shape index (κ1) is 12.7. The molecule has 0 fully saturated rings. The van der Waals surface area contributed by atoms with Gasteiger partial charge in [-0.15, -0.1) is 0 Å². The highest BCUT2D eigenvalue weighted by atomic mass is 79.9. The third kappa shape index (κ3) is 2.56. The number of rotatable bonds is 3. The van der Waals surface area contributed by atoms with Crippen molar-refractivity contribution in [2.45, 2.75) is 6.92 Å². The van der Waals surface area contributed by atoms with Crippen molar-refractivity contribution in [1.82, 2.24) is 4.98 Å². The zero-order valence-electron chi connectivity index (χ0n) is 9.87. The molecule has 3 N–H and O–H groups in total. The van der Waals surface area contributed by atoms with Crippen LogP contribution in [0.1, 0.15) is 17.3 Å². The Kier molecular flexibility index (Phi) is 3.72. The molecule has 0 unspecified atom stereocenters. The minimum absolute atomic E-state index is 0.325. The highest BCUT2D eigenvalue weighted by Gasteiger charge is 2.15. The first-order valence-corrected chi connectivity index (χ1v) is 6.32. The summed E-state index contributed by atoms with van der Waals surface area (Å²) < 4.78 is 5.93. The summed E-state index contributed by atoms with van der Waals surface area (Å²) in [4.78, 5) is 14.6. The van der Waals surface area contributed by atoms with E-state index in [2.05, 4.69) is 20.9 Å². The molecule has 1 heterocycles. The van der Waals surface area contributed by atoms with Crippen molar-refractivity contribution in [2.24, 2.45) is 0 Å². The fourth-order valence-corrected chi connectivity index (χ4v) is 1.90. The van der Waals surface area contributed by atoms with E-state index in [9.17, 15) is 4.79 Å². The molecule has 2 rings (SSSR count). The Morgan fingerprint density at radius 3 is 2.67 bits per heavy atom. The Bertz CT molecular complexity index is 561. The summed E-state index contributed by atoms with van der Waals surface area (Å²) in [5, 5.41) is 0. The summed E-state index contributed by atoms with van der Waals surface area (Å²) >= 11 is 3.37. The summed E-state index contributed by atoms with van der Waals surface area (Å²) in [6, 6.07) is 9.43. The second kappa shape index (κ2) is 5.27. The van der Waals surface area contributed by atoms with E-state index in [1.165, 1.54) is 0 Å². The Balaban J connectivity index is 2.34. The number of hydrogen-bond donors (Lipinski definition) is 2. The number of halogens is 1. The second-order valence-corrected chi connectivity index (χ2v) is 4.65. The predicted octanol–water partition coefficient (Wildman–Crippen LogP) is 3.20. The van der Waals surface area contributed by atoms with E-state index >= 15 is 0 Å². The summed E-state index contributed by atoms with van der Waals surface area (Å²) in [5.41, 5.74) is 7.90. The van der Waals surface area contributed by atoms with Crippen LogP contribution in [0.15, 0.2) is 34.8 Å². The Hall–Kier alpha value is -1.75. The van der Waals surface area contributed by atoms with Crippen LogP contribution in [0.2, 0.25) is 0 Å². The molecule has 0 atom stereocenters. The van der Waals surface area contributed by atoms with E-state index in [1.807, 2.05) is 24.3 Å². The largest absolute Gasteiger partial charge is 0.462 e. The number of hydrogen-bond acceptors (Lipinski definition) is 3. The number of aromatic nitrogens is 1. The van der Waals surface area contributed by atoms with Crippen molar-refractivity contribution in [3.63, 3.8) is 0 Å². The summed E-state index contributed by atoms with van der Waals surface area (Å²) in [7, 11) is 0. The second-order valence-electron chi connectivity index (χ2n) is 3.74. The number of carbonyl (C=O) groups excluding carboxylic acids is 1. The van der Waals surface area contributed by atoms with Gasteiger partial charge >= 0.3 is 5.97 Å². The summed E-state index contributed by atoms with van der Waals surface area (Å²) in [5.74, 6) is -0.0824. The Morgan fingerprint density at radius 1 is 1.39 bits per heavy atom. The smallest absolute Gasteiger partial charge is 0.341 e. The third-order valence-electron chi connectivity index (χ3n) is 2.50. The van der Waals surface area contributed by atoms with Crippen molar-refractivity contribution >= 4 is 27.7 Å². The molecule has 0 saturated heterocycles. The first-order chi connectivity index (χ1) is 8.61. The van der Waals surface area contributed by atoms with Crippen molar-refractivity contribution in [2.75, 3.05) is 12.3 Å². The average Bonchev–Trinajstić information content (AvgIpc) is 2.72. The highest BCUT2D eigenvalue weighted by molar-refractivity contribution is 9.10. The van der Waals surface area contributed by atoms with Crippen molar-refractivity contribution in [1.29, 1.82) is 0 Å². The van der Waals surface area contributed by atoms with Gasteiger partial charge in [-0.3, -0.25) is 0 Å². The van der Waals surface area contributed by atoms with E-state index in [1.54, 1.807) is 13.0 Å². The lowest BCUT2D eigenvalue weighted by atomic mass is 10.1. The lowest BCUT2D eigenvalue weighted by Crippen LogP contribution is -2.05. The number of nitrogens with one attached hydrogen (secondary N) is 1. The number of benzene rings is 1. The maximum absolute atomic E-state index is 11.6. The van der Waals surface area contributed by atoms with Crippen LogP contribution in [-0.4, -0.2) is 17.6 Å². The van der Waals surface area contributed by atoms with Gasteiger partial charge in [-0.25, -0.2) is 4.79 Å². The maximum Gasteiger partial charge on any atom is 0.341 e. The molecule has 0 spiro atoms. The molecule has 1 aromatic heterocycles. The molecule has 5 heteroatoms. The van der Waals surface area contributed by atoms with Crippen LogP contribution in [0.4, 0.5) is 5.82 Å². The van der Waals surface area contributed by atoms with Crippen LogP contribution < -0.4 is 5.73 Å². The zero-order chi connectivity index (χ0) is 13.1. The molecule has 94 valence electrons. The van der Waals surface area contributed by atoms with Crippen molar-refractivity contribution < 1.29 is 9.53 Å². The summed E-state index contributed by atoms with van der Waals surface area (Å²) in [6.07, 6.45) is 0. The minimum atomic E-state index is -0.408. The number of nitrogen functional groups attached to an aromatic ring is 1. The van der Waals surface area contributed by atoms with Gasteiger partial charge in [0.2, 0.25) is 0 Å². The van der Waals surface area contributed by atoms with Gasteiger partial charge in [0.15, 0.2) is 0 Å². The van der Waals surface area contributed by atoms with Crippen molar-refractivity contribution in [3.05, 3.63) is 40.4 Å². The predicted molar refractivity (Wildman–Crippen MR) is 74.3 cm³/mol. The molecular formula is C13H13BrN2O2. The SMILES string of the molecule is CCOC(=O)c1cc(-c2ccc(Br)cc2)[nH]c1N. The summed E-state index contributed by atoms with van der Waals surface area (Å²) in [6.45, 7) is 2.09. The van der Waals surface area contributed by atoms with E-state index < -0.39 is 5.97 Å². The number of esters is 1. The van der Waals surface area contributed by atoms with Crippen molar-refractivity contribution in [3.8, 4) is 11.3 Å². The lowest BCUT2D eigenvalue weighted by molar-refractivity contribution is 0.0528. The molecule has 0 aliphatic rings. The van der Waals surface area contributed by atoms with Crippen LogP contribution in [0.3, 0.4) is 0 Å². The first-order valence-electron chi connectivity index (χ1n) is 5.53. The number of aromatic amines is 1. The number of H-pyrrole nitrogens is 1. The fourth-order valence-electron chi connectivity index (χ4n) is 1.63. The minimum Gasteiger partial charge on any atom is -0.462 e. The molecule has 0 radical (unpaired) electrons. The molecule has 0 aliphatic carbocycles. The monoisotopic (exact) mass is 308 g/mol. The quantitative estimate of drug-likeness (QED) is 0.856. The standard InChI is InChI=1S/C13H13BrN2O2/c1-2-18-13(17)10-7-11(16-12(10)15)8-3-5-9(14)6-4-8/h3-7,16H,2,15H2,1H3. The molecule has 4 nitrogen and oxygen atoms in total. The topological polar surface area (TPSA) is 68.1 Å². The molecule has 18 heavy (non-hydrogen) atoms. The van der Waals surface area contributed by atoms with E-state index in [-0.39, 0.29) is 0 Å².